The van der Waals surface area contributed by atoms with E-state index in [2.05, 4.69) is 108 Å². The number of fused-ring (bicyclic) bond motifs is 7. The van der Waals surface area contributed by atoms with Crippen molar-refractivity contribution >= 4 is 22.1 Å². The Morgan fingerprint density at radius 2 is 1.68 bits per heavy atom. The number of nitrogens with zero attached hydrogens (tertiary/aromatic N) is 2. The third kappa shape index (κ3) is 2.70. The molecule has 0 aliphatic heterocycles. The van der Waals surface area contributed by atoms with Gasteiger partial charge >= 0.3 is 0 Å². The number of aryl methyl sites for hydroxylation is 3. The minimum Gasteiger partial charge on any atom is -0.453 e. The van der Waals surface area contributed by atoms with Crippen molar-refractivity contribution in [2.75, 3.05) is 0 Å². The summed E-state index contributed by atoms with van der Waals surface area (Å²) in [4.78, 5) is 4.96. The molecule has 6 rings (SSSR count). The Morgan fingerprint density at radius 3 is 2.44 bits per heavy atom. The van der Waals surface area contributed by atoms with Crippen LogP contribution in [0.5, 0.6) is 0 Å². The summed E-state index contributed by atoms with van der Waals surface area (Å²) in [5, 5.41) is 1.08. The molecule has 3 nitrogen and oxygen atoms in total. The summed E-state index contributed by atoms with van der Waals surface area (Å²) >= 11 is 0. The number of hydrogen-bond donors (Lipinski definition) is 0. The van der Waals surface area contributed by atoms with Gasteiger partial charge in [-0.3, -0.25) is 4.98 Å². The lowest BCUT2D eigenvalue weighted by Crippen LogP contribution is -2.32. The van der Waals surface area contributed by atoms with Crippen LogP contribution in [-0.4, -0.2) is 4.98 Å². The van der Waals surface area contributed by atoms with Crippen LogP contribution in [0, 0.1) is 13.8 Å². The van der Waals surface area contributed by atoms with Gasteiger partial charge in [0.05, 0.1) is 5.56 Å². The van der Waals surface area contributed by atoms with Gasteiger partial charge in [0, 0.05) is 34.2 Å². The number of hydrogen-bond acceptors (Lipinski definition) is 2. The maximum atomic E-state index is 6.81. The van der Waals surface area contributed by atoms with Crippen molar-refractivity contribution in [1.29, 1.82) is 0 Å². The fraction of sp³-hybridized carbons (Fsp3) is 0.290. The molecule has 3 heterocycles. The summed E-state index contributed by atoms with van der Waals surface area (Å²) in [7, 11) is 2.14. The van der Waals surface area contributed by atoms with Crippen molar-refractivity contribution in [2.24, 2.45) is 7.05 Å². The van der Waals surface area contributed by atoms with E-state index in [1.165, 1.54) is 44.6 Å². The second-order valence-corrected chi connectivity index (χ2v) is 10.7. The van der Waals surface area contributed by atoms with Crippen LogP contribution < -0.4 is 4.57 Å². The van der Waals surface area contributed by atoms with Crippen LogP contribution in [0.2, 0.25) is 0 Å². The topological polar surface area (TPSA) is 29.9 Å². The third-order valence-electron chi connectivity index (χ3n) is 7.80. The van der Waals surface area contributed by atoms with Gasteiger partial charge in [0.15, 0.2) is 17.4 Å². The van der Waals surface area contributed by atoms with E-state index in [-0.39, 0.29) is 5.41 Å². The molecule has 0 bridgehead atoms. The SMILES string of the molecule is Cc1cc(-c2c(C)ccc3c2oc2c4c(cnc23)C(C)(C)c2ccccc2-4)[n+](C)cc1C(C)C. The van der Waals surface area contributed by atoms with Gasteiger partial charge < -0.3 is 4.42 Å². The molecule has 0 spiro atoms. The molecule has 0 saturated carbocycles. The van der Waals surface area contributed by atoms with Crippen molar-refractivity contribution in [3.05, 3.63) is 82.7 Å². The lowest BCUT2D eigenvalue weighted by Gasteiger charge is -2.20. The number of furan rings is 1. The first-order chi connectivity index (χ1) is 16.2. The minimum atomic E-state index is -0.0962. The van der Waals surface area contributed by atoms with E-state index < -0.39 is 0 Å². The maximum absolute atomic E-state index is 6.81. The van der Waals surface area contributed by atoms with E-state index in [4.69, 9.17) is 9.40 Å². The standard InChI is InChI=1S/C31H31N2O/c1-17(2)22-16-33(7)25(14-19(22)4)26-18(3)12-13-21-28-30(34-29(21)26)27-20-10-8-9-11-23(20)31(5,6)24(27)15-32-28/h8-17H,1-7H3/q+1. The molecule has 5 aromatic rings. The number of pyridine rings is 2. The Kier molecular flexibility index (Phi) is 4.36. The van der Waals surface area contributed by atoms with E-state index >= 15 is 0 Å². The van der Waals surface area contributed by atoms with E-state index in [1.54, 1.807) is 0 Å². The molecule has 0 radical (unpaired) electrons. The highest BCUT2D eigenvalue weighted by Crippen LogP contribution is 2.52. The van der Waals surface area contributed by atoms with Crippen LogP contribution in [0.1, 0.15) is 61.4 Å². The first-order valence-electron chi connectivity index (χ1n) is 12.2. The van der Waals surface area contributed by atoms with Gasteiger partial charge in [0.1, 0.15) is 12.6 Å². The molecular weight excluding hydrogens is 416 g/mol. The van der Waals surface area contributed by atoms with E-state index in [9.17, 15) is 0 Å². The molecule has 3 heteroatoms. The van der Waals surface area contributed by atoms with Gasteiger partial charge in [0.2, 0.25) is 5.69 Å². The molecule has 0 amide bonds. The molecule has 170 valence electrons. The average molecular weight is 448 g/mol. The van der Waals surface area contributed by atoms with Crippen molar-refractivity contribution in [3.63, 3.8) is 0 Å². The van der Waals surface area contributed by atoms with Gasteiger partial charge in [-0.25, -0.2) is 4.57 Å². The highest BCUT2D eigenvalue weighted by molar-refractivity contribution is 6.12. The van der Waals surface area contributed by atoms with E-state index in [0.29, 0.717) is 5.92 Å². The molecule has 0 N–H and O–H groups in total. The predicted molar refractivity (Wildman–Crippen MR) is 139 cm³/mol. The lowest BCUT2D eigenvalue weighted by molar-refractivity contribution is -0.660. The maximum Gasteiger partial charge on any atom is 0.216 e. The summed E-state index contributed by atoms with van der Waals surface area (Å²) < 4.78 is 9.05. The lowest BCUT2D eigenvalue weighted by atomic mass is 9.83. The van der Waals surface area contributed by atoms with E-state index in [0.717, 1.165) is 27.6 Å². The molecule has 0 unspecified atom stereocenters. The summed E-state index contributed by atoms with van der Waals surface area (Å²) in [6.07, 6.45) is 4.33. The van der Waals surface area contributed by atoms with Crippen molar-refractivity contribution in [1.82, 2.24) is 4.98 Å². The first kappa shape index (κ1) is 21.1. The van der Waals surface area contributed by atoms with Crippen LogP contribution in [0.15, 0.2) is 59.3 Å². The van der Waals surface area contributed by atoms with Crippen LogP contribution in [0.25, 0.3) is 44.5 Å². The monoisotopic (exact) mass is 447 g/mol. The largest absolute Gasteiger partial charge is 0.453 e. The minimum absolute atomic E-state index is 0.0962. The average Bonchev–Trinajstić information content (AvgIpc) is 3.28. The molecule has 1 aliphatic rings. The Labute approximate surface area is 201 Å². The molecule has 34 heavy (non-hydrogen) atoms. The molecule has 0 atom stereocenters. The van der Waals surface area contributed by atoms with Gasteiger partial charge in [-0.1, -0.05) is 58.0 Å². The van der Waals surface area contributed by atoms with Gasteiger partial charge in [-0.05, 0) is 53.6 Å². The molecule has 3 aromatic heterocycles. The Hall–Kier alpha value is -3.46. The molecule has 0 saturated heterocycles. The fourth-order valence-electron chi connectivity index (χ4n) is 5.93. The van der Waals surface area contributed by atoms with Crippen LogP contribution in [-0.2, 0) is 12.5 Å². The second-order valence-electron chi connectivity index (χ2n) is 10.7. The zero-order valence-corrected chi connectivity index (χ0v) is 21.1. The Bertz CT molecular complexity index is 1640. The molecule has 2 aromatic carbocycles. The van der Waals surface area contributed by atoms with Gasteiger partial charge in [-0.2, -0.15) is 0 Å². The van der Waals surface area contributed by atoms with E-state index in [1.807, 2.05) is 0 Å². The summed E-state index contributed by atoms with van der Waals surface area (Å²) in [5.74, 6) is 0.485. The molecule has 1 aliphatic carbocycles. The highest BCUT2D eigenvalue weighted by atomic mass is 16.3. The number of aromatic nitrogens is 2. The zero-order valence-electron chi connectivity index (χ0n) is 21.1. The Morgan fingerprint density at radius 1 is 0.912 bits per heavy atom. The highest BCUT2D eigenvalue weighted by Gasteiger charge is 2.38. The normalized spacial score (nSPS) is 14.2. The van der Waals surface area contributed by atoms with Crippen molar-refractivity contribution in [2.45, 2.75) is 52.9 Å². The van der Waals surface area contributed by atoms with Crippen LogP contribution in [0.4, 0.5) is 0 Å². The Balaban J connectivity index is 1.70. The summed E-state index contributed by atoms with van der Waals surface area (Å²) in [6.45, 7) is 13.4. The smallest absolute Gasteiger partial charge is 0.216 e. The van der Waals surface area contributed by atoms with Gasteiger partial charge in [0.25, 0.3) is 0 Å². The first-order valence-corrected chi connectivity index (χ1v) is 12.2. The number of benzene rings is 2. The zero-order chi connectivity index (χ0) is 23.9. The number of rotatable bonds is 2. The van der Waals surface area contributed by atoms with Crippen LogP contribution in [0.3, 0.4) is 0 Å². The third-order valence-corrected chi connectivity index (χ3v) is 7.80. The predicted octanol–water partition coefficient (Wildman–Crippen LogP) is 7.52. The quantitative estimate of drug-likeness (QED) is 0.262. The van der Waals surface area contributed by atoms with Crippen molar-refractivity contribution in [3.8, 4) is 22.4 Å². The fourth-order valence-corrected chi connectivity index (χ4v) is 5.93. The van der Waals surface area contributed by atoms with Crippen LogP contribution >= 0.6 is 0 Å². The molecule has 0 fully saturated rings. The second kappa shape index (κ2) is 7.02. The summed E-state index contributed by atoms with van der Waals surface area (Å²) in [6, 6.07) is 15.4. The summed E-state index contributed by atoms with van der Waals surface area (Å²) in [5.41, 5.74) is 13.9. The molecular formula is C31H31N2O+. The van der Waals surface area contributed by atoms with Crippen molar-refractivity contribution < 1.29 is 8.98 Å². The van der Waals surface area contributed by atoms with Gasteiger partial charge in [-0.15, -0.1) is 0 Å².